The Morgan fingerprint density at radius 2 is 1.60 bits per heavy atom. The average molecular weight is 284 g/mol. The molecule has 0 aromatic carbocycles. The van der Waals surface area contributed by atoms with Crippen molar-refractivity contribution in [2.24, 2.45) is 0 Å². The van der Waals surface area contributed by atoms with E-state index in [2.05, 4.69) is 18.2 Å². The van der Waals surface area contributed by atoms with Gasteiger partial charge in [0.25, 0.3) is 0 Å². The topological polar surface area (TPSA) is 46.5 Å². The van der Waals surface area contributed by atoms with Crippen LogP contribution in [0, 0.1) is 0 Å². The third-order valence-corrected chi connectivity index (χ3v) is 3.52. The lowest BCUT2D eigenvalue weighted by Crippen LogP contribution is -2.05. The number of aliphatic hydroxyl groups is 1. The minimum atomic E-state index is -0.192. The van der Waals surface area contributed by atoms with Crippen LogP contribution < -0.4 is 0 Å². The summed E-state index contributed by atoms with van der Waals surface area (Å²) in [5.74, 6) is -0.192. The van der Waals surface area contributed by atoms with E-state index in [9.17, 15) is 9.90 Å². The fourth-order valence-corrected chi connectivity index (χ4v) is 2.28. The number of hydrogen-bond donors (Lipinski definition) is 1. The summed E-state index contributed by atoms with van der Waals surface area (Å²) >= 11 is 0. The Labute approximate surface area is 124 Å². The van der Waals surface area contributed by atoms with Crippen LogP contribution in [0.25, 0.3) is 0 Å². The van der Waals surface area contributed by atoms with E-state index >= 15 is 0 Å². The zero-order chi connectivity index (χ0) is 15.1. The maximum absolute atomic E-state index is 11.0. The second-order valence-corrected chi connectivity index (χ2v) is 5.47. The summed E-state index contributed by atoms with van der Waals surface area (Å²) in [7, 11) is 0. The number of rotatable bonds is 14. The standard InChI is InChI=1S/C17H32O3/c1-3-5-6-10-13-16(18)14-11-8-7-9-12-15-17(19)20-4-2/h4,16,18H,2-3,5-15H2,1H3. The normalized spacial score (nSPS) is 12.1. The number of esters is 1. The van der Waals surface area contributed by atoms with E-state index in [-0.39, 0.29) is 12.1 Å². The van der Waals surface area contributed by atoms with Gasteiger partial charge in [-0.25, -0.2) is 0 Å². The molecule has 0 aliphatic heterocycles. The quantitative estimate of drug-likeness (QED) is 0.285. The molecular weight excluding hydrogens is 252 g/mol. The third kappa shape index (κ3) is 13.6. The van der Waals surface area contributed by atoms with Crippen molar-refractivity contribution < 1.29 is 14.6 Å². The molecule has 0 fully saturated rings. The number of ether oxygens (including phenoxy) is 1. The monoisotopic (exact) mass is 284 g/mol. The van der Waals surface area contributed by atoms with Crippen LogP contribution in [-0.2, 0) is 9.53 Å². The van der Waals surface area contributed by atoms with Gasteiger partial charge in [-0.15, -0.1) is 0 Å². The lowest BCUT2D eigenvalue weighted by molar-refractivity contribution is -0.138. The number of hydrogen-bond acceptors (Lipinski definition) is 3. The Morgan fingerprint density at radius 3 is 2.20 bits per heavy atom. The first-order chi connectivity index (χ1) is 9.70. The highest BCUT2D eigenvalue weighted by molar-refractivity contribution is 5.69. The van der Waals surface area contributed by atoms with Crippen LogP contribution in [0.2, 0.25) is 0 Å². The Balaban J connectivity index is 3.22. The van der Waals surface area contributed by atoms with Gasteiger partial charge < -0.3 is 9.84 Å². The van der Waals surface area contributed by atoms with Gasteiger partial charge in [0.2, 0.25) is 0 Å². The Bertz CT molecular complexity index is 238. The summed E-state index contributed by atoms with van der Waals surface area (Å²) in [6.07, 6.45) is 13.6. The molecular formula is C17H32O3. The molecule has 0 saturated heterocycles. The maximum atomic E-state index is 11.0. The zero-order valence-electron chi connectivity index (χ0n) is 13.1. The highest BCUT2D eigenvalue weighted by Gasteiger charge is 2.04. The molecule has 3 heteroatoms. The molecule has 0 saturated carbocycles. The first kappa shape index (κ1) is 19.2. The molecule has 1 atom stereocenters. The number of carbonyl (C=O) groups excluding carboxylic acids is 1. The van der Waals surface area contributed by atoms with Gasteiger partial charge in [0.15, 0.2) is 0 Å². The summed E-state index contributed by atoms with van der Waals surface area (Å²) in [4.78, 5) is 11.0. The highest BCUT2D eigenvalue weighted by Crippen LogP contribution is 2.13. The van der Waals surface area contributed by atoms with E-state index in [1.807, 2.05) is 0 Å². The Hall–Kier alpha value is -0.830. The van der Waals surface area contributed by atoms with Gasteiger partial charge in [0, 0.05) is 6.42 Å². The van der Waals surface area contributed by atoms with Gasteiger partial charge >= 0.3 is 5.97 Å². The first-order valence-corrected chi connectivity index (χ1v) is 8.19. The van der Waals surface area contributed by atoms with E-state index in [0.29, 0.717) is 6.42 Å². The van der Waals surface area contributed by atoms with Gasteiger partial charge in [-0.3, -0.25) is 4.79 Å². The van der Waals surface area contributed by atoms with Gasteiger partial charge in [-0.2, -0.15) is 0 Å². The summed E-state index contributed by atoms with van der Waals surface area (Å²) < 4.78 is 4.65. The van der Waals surface area contributed by atoms with E-state index in [0.717, 1.165) is 51.4 Å². The van der Waals surface area contributed by atoms with Crippen molar-refractivity contribution in [1.29, 1.82) is 0 Å². The Kier molecular flexibility index (Phi) is 14.0. The molecule has 118 valence electrons. The third-order valence-electron chi connectivity index (χ3n) is 3.52. The minimum Gasteiger partial charge on any atom is -0.435 e. The van der Waals surface area contributed by atoms with Crippen LogP contribution in [0.15, 0.2) is 12.8 Å². The summed E-state index contributed by atoms with van der Waals surface area (Å²) in [6.45, 7) is 5.55. The molecule has 0 aliphatic rings. The molecule has 0 amide bonds. The molecule has 3 nitrogen and oxygen atoms in total. The number of aliphatic hydroxyl groups excluding tert-OH is 1. The van der Waals surface area contributed by atoms with Crippen LogP contribution >= 0.6 is 0 Å². The summed E-state index contributed by atoms with van der Waals surface area (Å²) in [5.41, 5.74) is 0. The first-order valence-electron chi connectivity index (χ1n) is 8.19. The number of unbranched alkanes of at least 4 members (excludes halogenated alkanes) is 7. The van der Waals surface area contributed by atoms with Gasteiger partial charge in [0.05, 0.1) is 12.4 Å². The van der Waals surface area contributed by atoms with Gasteiger partial charge in [-0.1, -0.05) is 64.9 Å². The van der Waals surface area contributed by atoms with Crippen molar-refractivity contribution in [3.8, 4) is 0 Å². The molecule has 0 heterocycles. The molecule has 0 rings (SSSR count). The van der Waals surface area contributed by atoms with Crippen LogP contribution in [0.5, 0.6) is 0 Å². The highest BCUT2D eigenvalue weighted by atomic mass is 16.5. The van der Waals surface area contributed by atoms with Crippen molar-refractivity contribution in [3.63, 3.8) is 0 Å². The van der Waals surface area contributed by atoms with Gasteiger partial charge in [0.1, 0.15) is 0 Å². The van der Waals surface area contributed by atoms with Gasteiger partial charge in [-0.05, 0) is 19.3 Å². The predicted octanol–water partition coefficient (Wildman–Crippen LogP) is 4.74. The second-order valence-electron chi connectivity index (χ2n) is 5.47. The molecule has 1 unspecified atom stereocenters. The summed E-state index contributed by atoms with van der Waals surface area (Å²) in [6, 6.07) is 0. The molecule has 0 aromatic rings. The largest absolute Gasteiger partial charge is 0.435 e. The van der Waals surface area contributed by atoms with Crippen molar-refractivity contribution in [3.05, 3.63) is 12.8 Å². The lowest BCUT2D eigenvalue weighted by atomic mass is 10.0. The van der Waals surface area contributed by atoms with Crippen molar-refractivity contribution in [1.82, 2.24) is 0 Å². The summed E-state index contributed by atoms with van der Waals surface area (Å²) in [5, 5.41) is 9.81. The van der Waals surface area contributed by atoms with Crippen LogP contribution in [0.4, 0.5) is 0 Å². The smallest absolute Gasteiger partial charge is 0.310 e. The number of carbonyl (C=O) groups is 1. The van der Waals surface area contributed by atoms with Crippen molar-refractivity contribution in [2.45, 2.75) is 90.1 Å². The van der Waals surface area contributed by atoms with E-state index in [1.165, 1.54) is 25.5 Å². The lowest BCUT2D eigenvalue weighted by Gasteiger charge is -2.09. The van der Waals surface area contributed by atoms with E-state index < -0.39 is 0 Å². The van der Waals surface area contributed by atoms with E-state index in [1.54, 1.807) is 0 Å². The van der Waals surface area contributed by atoms with Crippen molar-refractivity contribution >= 4 is 5.97 Å². The second kappa shape index (κ2) is 14.6. The molecule has 20 heavy (non-hydrogen) atoms. The van der Waals surface area contributed by atoms with Crippen LogP contribution in [-0.4, -0.2) is 17.2 Å². The molecule has 0 spiro atoms. The molecule has 0 aliphatic carbocycles. The predicted molar refractivity (Wildman–Crippen MR) is 83.4 cm³/mol. The molecule has 0 aromatic heterocycles. The fraction of sp³-hybridized carbons (Fsp3) is 0.824. The molecule has 1 N–H and O–H groups in total. The zero-order valence-corrected chi connectivity index (χ0v) is 13.1. The average Bonchev–Trinajstić information content (AvgIpc) is 2.43. The molecule has 0 radical (unpaired) electrons. The van der Waals surface area contributed by atoms with Crippen LogP contribution in [0.3, 0.4) is 0 Å². The van der Waals surface area contributed by atoms with Crippen molar-refractivity contribution in [2.75, 3.05) is 0 Å². The SMILES string of the molecule is C=COC(=O)CCCCCCCC(O)CCCCCC. The minimum absolute atomic E-state index is 0.116. The van der Waals surface area contributed by atoms with E-state index in [4.69, 9.17) is 0 Å². The molecule has 0 bridgehead atoms. The fourth-order valence-electron chi connectivity index (χ4n) is 2.28. The Morgan fingerprint density at radius 1 is 1.05 bits per heavy atom. The maximum Gasteiger partial charge on any atom is 0.310 e. The van der Waals surface area contributed by atoms with Crippen LogP contribution in [0.1, 0.15) is 84.0 Å².